The summed E-state index contributed by atoms with van der Waals surface area (Å²) in [5, 5.41) is 22.0. The normalized spacial score (nSPS) is 12.1. The molecule has 7 heteroatoms. The molecule has 0 saturated carbocycles. The molecule has 0 aromatic heterocycles. The summed E-state index contributed by atoms with van der Waals surface area (Å²) in [5.74, 6) is -1.74. The smallest absolute Gasteiger partial charge is 0.328 e. The Labute approximate surface area is 87.4 Å². The summed E-state index contributed by atoms with van der Waals surface area (Å²) >= 11 is 0. The molecule has 0 aliphatic heterocycles. The summed E-state index contributed by atoms with van der Waals surface area (Å²) in [4.78, 5) is 21.5. The van der Waals surface area contributed by atoms with Crippen LogP contribution in [0.3, 0.4) is 0 Å². The van der Waals surface area contributed by atoms with Crippen molar-refractivity contribution in [3.63, 3.8) is 0 Å². The van der Waals surface area contributed by atoms with Gasteiger partial charge in [-0.15, -0.1) is 0 Å². The van der Waals surface area contributed by atoms with Crippen LogP contribution in [0.5, 0.6) is 0 Å². The van der Waals surface area contributed by atoms with Gasteiger partial charge in [-0.25, -0.2) is 4.79 Å². The second-order valence-corrected chi connectivity index (χ2v) is 2.81. The van der Waals surface area contributed by atoms with Crippen molar-refractivity contribution in [2.24, 2.45) is 0 Å². The molecule has 0 aromatic carbocycles. The number of aliphatic hydroxyl groups is 1. The van der Waals surface area contributed by atoms with Gasteiger partial charge in [-0.3, -0.25) is 4.79 Å². The zero-order valence-electron chi connectivity index (χ0n) is 8.52. The third kappa shape index (κ3) is 6.83. The minimum Gasteiger partial charge on any atom is -0.480 e. The zero-order chi connectivity index (χ0) is 11.7. The van der Waals surface area contributed by atoms with E-state index in [1.807, 2.05) is 0 Å². The third-order valence-corrected chi connectivity index (χ3v) is 1.58. The van der Waals surface area contributed by atoms with Gasteiger partial charge in [-0.05, 0) is 0 Å². The molecule has 88 valence electrons. The molecule has 0 radical (unpaired) electrons. The molecule has 0 fully saturated rings. The third-order valence-electron chi connectivity index (χ3n) is 1.58. The van der Waals surface area contributed by atoms with Crippen LogP contribution in [0.1, 0.15) is 0 Å². The number of hydrogen-bond acceptors (Lipinski definition) is 5. The monoisotopic (exact) mass is 220 g/mol. The molecule has 1 atom stereocenters. The van der Waals surface area contributed by atoms with Crippen LogP contribution in [0.25, 0.3) is 0 Å². The highest BCUT2D eigenvalue weighted by Crippen LogP contribution is 1.81. The van der Waals surface area contributed by atoms with Crippen molar-refractivity contribution in [2.45, 2.75) is 6.04 Å². The number of aliphatic carboxylic acids is 1. The van der Waals surface area contributed by atoms with E-state index in [1.165, 1.54) is 7.11 Å². The van der Waals surface area contributed by atoms with E-state index >= 15 is 0 Å². The maximum Gasteiger partial charge on any atom is 0.328 e. The van der Waals surface area contributed by atoms with E-state index in [0.717, 1.165) is 0 Å². The molecular weight excluding hydrogens is 204 g/mol. The fourth-order valence-electron chi connectivity index (χ4n) is 0.807. The molecule has 0 unspecified atom stereocenters. The second-order valence-electron chi connectivity index (χ2n) is 2.81. The van der Waals surface area contributed by atoms with Crippen molar-refractivity contribution in [3.8, 4) is 0 Å². The van der Waals surface area contributed by atoms with E-state index in [4.69, 9.17) is 14.9 Å². The lowest BCUT2D eigenvalue weighted by Gasteiger charge is -2.11. The van der Waals surface area contributed by atoms with E-state index in [1.54, 1.807) is 0 Å². The topological polar surface area (TPSA) is 108 Å². The van der Waals surface area contributed by atoms with Crippen LogP contribution in [0.2, 0.25) is 0 Å². The van der Waals surface area contributed by atoms with Gasteiger partial charge in [-0.1, -0.05) is 0 Å². The maximum atomic E-state index is 11.1. The number of carboxylic acid groups (broad SMARTS) is 1. The van der Waals surface area contributed by atoms with E-state index < -0.39 is 24.5 Å². The number of methoxy groups -OCH3 is 1. The lowest BCUT2D eigenvalue weighted by molar-refractivity contribution is -0.142. The fourth-order valence-corrected chi connectivity index (χ4v) is 0.807. The largest absolute Gasteiger partial charge is 0.480 e. The van der Waals surface area contributed by atoms with Crippen molar-refractivity contribution in [2.75, 3.05) is 33.4 Å². The van der Waals surface area contributed by atoms with E-state index in [-0.39, 0.29) is 6.54 Å². The zero-order valence-corrected chi connectivity index (χ0v) is 8.52. The minimum atomic E-state index is -1.26. The molecule has 15 heavy (non-hydrogen) atoms. The standard InChI is InChI=1S/C8H16N2O5/c1-15-3-2-9-4-7(12)10-6(5-11)8(13)14/h6,9,11H,2-5H2,1H3,(H,10,12)(H,13,14)/t6-/m0/s1. The number of ether oxygens (including phenoxy) is 1. The number of carbonyl (C=O) groups is 2. The Morgan fingerprint density at radius 2 is 2.13 bits per heavy atom. The van der Waals surface area contributed by atoms with Crippen LogP contribution in [0.15, 0.2) is 0 Å². The summed E-state index contributed by atoms with van der Waals surface area (Å²) in [6.45, 7) is 0.336. The van der Waals surface area contributed by atoms with Gasteiger partial charge in [0, 0.05) is 13.7 Å². The molecule has 7 nitrogen and oxygen atoms in total. The lowest BCUT2D eigenvalue weighted by atomic mass is 10.3. The van der Waals surface area contributed by atoms with Gasteiger partial charge < -0.3 is 25.6 Å². The summed E-state index contributed by atoms with van der Waals surface area (Å²) in [6.07, 6.45) is 0. The highest BCUT2D eigenvalue weighted by Gasteiger charge is 2.17. The number of nitrogens with one attached hydrogen (secondary N) is 2. The molecule has 0 spiro atoms. The van der Waals surface area contributed by atoms with Crippen LogP contribution >= 0.6 is 0 Å². The number of aliphatic hydroxyl groups excluding tert-OH is 1. The number of carbonyl (C=O) groups excluding carboxylic acids is 1. The average Bonchev–Trinajstić information content (AvgIpc) is 2.20. The Kier molecular flexibility index (Phi) is 7.51. The molecule has 0 aliphatic carbocycles. The molecule has 0 saturated heterocycles. The minimum absolute atomic E-state index is 0.00681. The van der Waals surface area contributed by atoms with Gasteiger partial charge in [-0.2, -0.15) is 0 Å². The van der Waals surface area contributed by atoms with Crippen molar-refractivity contribution in [1.82, 2.24) is 10.6 Å². The molecule has 0 aromatic rings. The van der Waals surface area contributed by atoms with E-state index in [0.29, 0.717) is 13.2 Å². The van der Waals surface area contributed by atoms with Gasteiger partial charge in [0.2, 0.25) is 5.91 Å². The van der Waals surface area contributed by atoms with Crippen LogP contribution in [0, 0.1) is 0 Å². The Morgan fingerprint density at radius 3 is 2.60 bits per heavy atom. The fraction of sp³-hybridized carbons (Fsp3) is 0.750. The maximum absolute atomic E-state index is 11.1. The van der Waals surface area contributed by atoms with Crippen LogP contribution in [-0.2, 0) is 14.3 Å². The van der Waals surface area contributed by atoms with Crippen LogP contribution in [0.4, 0.5) is 0 Å². The summed E-state index contributed by atoms with van der Waals surface area (Å²) < 4.78 is 4.74. The van der Waals surface area contributed by atoms with Crippen molar-refractivity contribution in [3.05, 3.63) is 0 Å². The average molecular weight is 220 g/mol. The van der Waals surface area contributed by atoms with Gasteiger partial charge >= 0.3 is 5.97 Å². The molecule has 0 bridgehead atoms. The highest BCUT2D eigenvalue weighted by atomic mass is 16.5. The van der Waals surface area contributed by atoms with Gasteiger partial charge in [0.25, 0.3) is 0 Å². The van der Waals surface area contributed by atoms with Crippen molar-refractivity contribution in [1.29, 1.82) is 0 Å². The van der Waals surface area contributed by atoms with Crippen LogP contribution < -0.4 is 10.6 Å². The van der Waals surface area contributed by atoms with Gasteiger partial charge in [0.1, 0.15) is 6.04 Å². The first-order chi connectivity index (χ1) is 7.11. The van der Waals surface area contributed by atoms with E-state index in [9.17, 15) is 9.59 Å². The Balaban J connectivity index is 3.67. The Hall–Kier alpha value is -1.18. The molecule has 0 rings (SSSR count). The van der Waals surface area contributed by atoms with Gasteiger partial charge in [0.15, 0.2) is 0 Å². The van der Waals surface area contributed by atoms with E-state index in [2.05, 4.69) is 10.6 Å². The number of hydrogen-bond donors (Lipinski definition) is 4. The predicted octanol–water partition coefficient (Wildman–Crippen LogP) is -2.22. The van der Waals surface area contributed by atoms with Crippen molar-refractivity contribution < 1.29 is 24.5 Å². The lowest BCUT2D eigenvalue weighted by Crippen LogP contribution is -2.46. The quantitative estimate of drug-likeness (QED) is 0.345. The van der Waals surface area contributed by atoms with Crippen LogP contribution in [-0.4, -0.2) is 61.5 Å². The first-order valence-electron chi connectivity index (χ1n) is 4.44. The molecular formula is C8H16N2O5. The number of carboxylic acids is 1. The number of rotatable bonds is 8. The molecule has 0 heterocycles. The SMILES string of the molecule is COCCNCC(=O)N[C@@H](CO)C(=O)O. The van der Waals surface area contributed by atoms with Crippen molar-refractivity contribution >= 4 is 11.9 Å². The summed E-state index contributed by atoms with van der Waals surface area (Å²) in [5.41, 5.74) is 0. The Morgan fingerprint density at radius 1 is 1.47 bits per heavy atom. The molecule has 0 aliphatic rings. The first-order valence-corrected chi connectivity index (χ1v) is 4.44. The van der Waals surface area contributed by atoms with Gasteiger partial charge in [0.05, 0.1) is 19.8 Å². The Bertz CT molecular complexity index is 209. The summed E-state index contributed by atoms with van der Waals surface area (Å²) in [6, 6.07) is -1.25. The number of amides is 1. The predicted molar refractivity (Wildman–Crippen MR) is 51.4 cm³/mol. The highest BCUT2D eigenvalue weighted by molar-refractivity contribution is 5.84. The molecule has 1 amide bonds. The second kappa shape index (κ2) is 8.16. The molecule has 4 N–H and O–H groups in total. The first kappa shape index (κ1) is 13.8. The summed E-state index contributed by atoms with van der Waals surface area (Å²) in [7, 11) is 1.54.